The fraction of sp³-hybridized carbons (Fsp3) is 0.375. The minimum Gasteiger partial charge on any atom is -0.389 e. The highest BCUT2D eigenvalue weighted by molar-refractivity contribution is 5.31. The molecule has 0 radical (unpaired) electrons. The standard InChI is InChI=1S/C16H20N2O/c1-10-5-6-14(7-11(10)2)8-16-17-9-15(13(4)19)12(3)18-16/h5-7,9,13,19H,8H2,1-4H3/t13-/m1/s1. The molecule has 0 fully saturated rings. The summed E-state index contributed by atoms with van der Waals surface area (Å²) in [6.45, 7) is 7.86. The quantitative estimate of drug-likeness (QED) is 0.918. The third-order valence-electron chi connectivity index (χ3n) is 3.45. The zero-order valence-electron chi connectivity index (χ0n) is 11.9. The Bertz CT molecular complexity index is 591. The van der Waals surface area contributed by atoms with E-state index in [0.717, 1.165) is 23.5 Å². The van der Waals surface area contributed by atoms with Gasteiger partial charge < -0.3 is 5.11 Å². The van der Waals surface area contributed by atoms with E-state index in [2.05, 4.69) is 42.0 Å². The van der Waals surface area contributed by atoms with Crippen LogP contribution < -0.4 is 0 Å². The fourth-order valence-corrected chi connectivity index (χ4v) is 2.12. The second-order valence-electron chi connectivity index (χ2n) is 5.10. The third-order valence-corrected chi connectivity index (χ3v) is 3.45. The summed E-state index contributed by atoms with van der Waals surface area (Å²) in [5.41, 5.74) is 5.44. The first kappa shape index (κ1) is 13.7. The van der Waals surface area contributed by atoms with Gasteiger partial charge in [-0.25, -0.2) is 9.97 Å². The first-order valence-corrected chi connectivity index (χ1v) is 6.54. The number of aliphatic hydroxyl groups excluding tert-OH is 1. The van der Waals surface area contributed by atoms with Crippen LogP contribution in [0, 0.1) is 20.8 Å². The molecule has 2 rings (SSSR count). The molecule has 0 unspecified atom stereocenters. The van der Waals surface area contributed by atoms with Gasteiger partial charge in [0.25, 0.3) is 0 Å². The molecule has 19 heavy (non-hydrogen) atoms. The van der Waals surface area contributed by atoms with Crippen molar-refractivity contribution in [3.63, 3.8) is 0 Å². The zero-order valence-corrected chi connectivity index (χ0v) is 11.9. The number of hydrogen-bond donors (Lipinski definition) is 1. The monoisotopic (exact) mass is 256 g/mol. The molecule has 0 aliphatic heterocycles. The van der Waals surface area contributed by atoms with Gasteiger partial charge >= 0.3 is 0 Å². The van der Waals surface area contributed by atoms with Crippen LogP contribution in [0.2, 0.25) is 0 Å². The predicted octanol–water partition coefficient (Wildman–Crippen LogP) is 3.05. The smallest absolute Gasteiger partial charge is 0.132 e. The van der Waals surface area contributed by atoms with Gasteiger partial charge in [0.2, 0.25) is 0 Å². The molecule has 1 heterocycles. The summed E-state index contributed by atoms with van der Waals surface area (Å²) in [5, 5.41) is 9.57. The van der Waals surface area contributed by atoms with Crippen molar-refractivity contribution in [3.05, 3.63) is 58.2 Å². The molecule has 0 aliphatic carbocycles. The van der Waals surface area contributed by atoms with Crippen molar-refractivity contribution in [2.45, 2.75) is 40.2 Å². The second kappa shape index (κ2) is 5.49. The number of aryl methyl sites for hydroxylation is 3. The van der Waals surface area contributed by atoms with Crippen LogP contribution in [0.25, 0.3) is 0 Å². The van der Waals surface area contributed by atoms with Crippen LogP contribution in [-0.4, -0.2) is 15.1 Å². The van der Waals surface area contributed by atoms with Crippen molar-refractivity contribution in [2.75, 3.05) is 0 Å². The van der Waals surface area contributed by atoms with E-state index < -0.39 is 6.10 Å². The lowest BCUT2D eigenvalue weighted by molar-refractivity contribution is 0.197. The lowest BCUT2D eigenvalue weighted by atomic mass is 10.0. The van der Waals surface area contributed by atoms with Gasteiger partial charge in [-0.05, 0) is 44.4 Å². The molecule has 1 aromatic carbocycles. The molecular weight excluding hydrogens is 236 g/mol. The highest BCUT2D eigenvalue weighted by atomic mass is 16.3. The highest BCUT2D eigenvalue weighted by Crippen LogP contribution is 2.16. The number of aliphatic hydroxyl groups is 1. The van der Waals surface area contributed by atoms with Crippen molar-refractivity contribution in [1.29, 1.82) is 0 Å². The first-order valence-electron chi connectivity index (χ1n) is 6.54. The van der Waals surface area contributed by atoms with Crippen molar-refractivity contribution < 1.29 is 5.11 Å². The molecule has 1 atom stereocenters. The molecule has 0 amide bonds. The van der Waals surface area contributed by atoms with E-state index in [4.69, 9.17) is 0 Å². The largest absolute Gasteiger partial charge is 0.389 e. The molecule has 3 nitrogen and oxygen atoms in total. The van der Waals surface area contributed by atoms with Gasteiger partial charge in [-0.1, -0.05) is 18.2 Å². The Labute approximate surface area is 114 Å². The predicted molar refractivity (Wildman–Crippen MR) is 76.1 cm³/mol. The lowest BCUT2D eigenvalue weighted by Gasteiger charge is -2.09. The van der Waals surface area contributed by atoms with Crippen LogP contribution in [0.4, 0.5) is 0 Å². The molecule has 100 valence electrons. The molecule has 0 saturated carbocycles. The average molecular weight is 256 g/mol. The van der Waals surface area contributed by atoms with E-state index in [-0.39, 0.29) is 0 Å². The second-order valence-corrected chi connectivity index (χ2v) is 5.10. The van der Waals surface area contributed by atoms with Crippen LogP contribution in [0.3, 0.4) is 0 Å². The Morgan fingerprint density at radius 3 is 2.47 bits per heavy atom. The maximum absolute atomic E-state index is 9.57. The van der Waals surface area contributed by atoms with E-state index in [9.17, 15) is 5.11 Å². The first-order chi connectivity index (χ1) is 8.97. The third kappa shape index (κ3) is 3.18. The van der Waals surface area contributed by atoms with E-state index in [1.165, 1.54) is 16.7 Å². The Morgan fingerprint density at radius 1 is 1.16 bits per heavy atom. The molecule has 1 aromatic heterocycles. The van der Waals surface area contributed by atoms with Crippen LogP contribution in [0.1, 0.15) is 46.8 Å². The molecule has 0 spiro atoms. The Kier molecular flexibility index (Phi) is 3.96. The molecule has 0 aliphatic rings. The Hall–Kier alpha value is -1.74. The van der Waals surface area contributed by atoms with Crippen LogP contribution in [-0.2, 0) is 6.42 Å². The summed E-state index contributed by atoms with van der Waals surface area (Å²) in [5.74, 6) is 0.796. The van der Waals surface area contributed by atoms with Gasteiger partial charge in [0.15, 0.2) is 0 Å². The number of rotatable bonds is 3. The maximum atomic E-state index is 9.57. The number of aromatic nitrogens is 2. The normalized spacial score (nSPS) is 12.5. The SMILES string of the molecule is Cc1ccc(Cc2ncc([C@@H](C)O)c(C)n2)cc1C. The van der Waals surface area contributed by atoms with Gasteiger partial charge in [0.05, 0.1) is 6.10 Å². The molecule has 0 bridgehead atoms. The van der Waals surface area contributed by atoms with Crippen molar-refractivity contribution in [3.8, 4) is 0 Å². The van der Waals surface area contributed by atoms with E-state index in [0.29, 0.717) is 0 Å². The van der Waals surface area contributed by atoms with Gasteiger partial charge in [-0.3, -0.25) is 0 Å². The van der Waals surface area contributed by atoms with Crippen molar-refractivity contribution in [1.82, 2.24) is 9.97 Å². The van der Waals surface area contributed by atoms with Gasteiger partial charge in [-0.15, -0.1) is 0 Å². The van der Waals surface area contributed by atoms with Crippen LogP contribution in [0.15, 0.2) is 24.4 Å². The lowest BCUT2D eigenvalue weighted by Crippen LogP contribution is -2.04. The summed E-state index contributed by atoms with van der Waals surface area (Å²) in [7, 11) is 0. The topological polar surface area (TPSA) is 46.0 Å². The average Bonchev–Trinajstić information content (AvgIpc) is 2.33. The summed E-state index contributed by atoms with van der Waals surface area (Å²) < 4.78 is 0. The number of benzene rings is 1. The molecule has 3 heteroatoms. The summed E-state index contributed by atoms with van der Waals surface area (Å²) in [6.07, 6.45) is 1.93. The van der Waals surface area contributed by atoms with Gasteiger partial charge in [-0.2, -0.15) is 0 Å². The van der Waals surface area contributed by atoms with Gasteiger partial charge in [0, 0.05) is 23.9 Å². The van der Waals surface area contributed by atoms with Crippen molar-refractivity contribution >= 4 is 0 Å². The summed E-state index contributed by atoms with van der Waals surface area (Å²) >= 11 is 0. The molecule has 0 saturated heterocycles. The maximum Gasteiger partial charge on any atom is 0.132 e. The Morgan fingerprint density at radius 2 is 1.89 bits per heavy atom. The highest BCUT2D eigenvalue weighted by Gasteiger charge is 2.08. The van der Waals surface area contributed by atoms with E-state index >= 15 is 0 Å². The summed E-state index contributed by atoms with van der Waals surface area (Å²) in [6, 6.07) is 6.42. The van der Waals surface area contributed by atoms with Gasteiger partial charge in [0.1, 0.15) is 5.82 Å². The molecule has 2 aromatic rings. The molecule has 1 N–H and O–H groups in total. The summed E-state index contributed by atoms with van der Waals surface area (Å²) in [4.78, 5) is 8.81. The molecular formula is C16H20N2O. The minimum atomic E-state index is -0.518. The fourth-order valence-electron chi connectivity index (χ4n) is 2.12. The van der Waals surface area contributed by atoms with E-state index in [1.54, 1.807) is 13.1 Å². The van der Waals surface area contributed by atoms with Crippen LogP contribution >= 0.6 is 0 Å². The number of hydrogen-bond acceptors (Lipinski definition) is 3. The van der Waals surface area contributed by atoms with Crippen LogP contribution in [0.5, 0.6) is 0 Å². The number of nitrogens with zero attached hydrogens (tertiary/aromatic N) is 2. The Balaban J connectivity index is 2.24. The minimum absolute atomic E-state index is 0.518. The van der Waals surface area contributed by atoms with Crippen molar-refractivity contribution in [2.24, 2.45) is 0 Å². The zero-order chi connectivity index (χ0) is 14.0. The van der Waals surface area contributed by atoms with E-state index in [1.807, 2.05) is 6.92 Å².